The van der Waals surface area contributed by atoms with Crippen molar-refractivity contribution in [3.8, 4) is 28.5 Å². The van der Waals surface area contributed by atoms with Crippen LogP contribution in [0.5, 0.6) is 17.2 Å². The first kappa shape index (κ1) is 27.2. The molecular weight excluding hydrogens is 547 g/mol. The van der Waals surface area contributed by atoms with Crippen molar-refractivity contribution in [3.05, 3.63) is 106 Å². The maximum Gasteiger partial charge on any atom is 0.416 e. The normalized spacial score (nSPS) is 14.7. The fourth-order valence-corrected chi connectivity index (χ4v) is 4.63. The monoisotopic (exact) mass is 567 g/mol. The average Bonchev–Trinajstić information content (AvgIpc) is 2.93. The van der Waals surface area contributed by atoms with Crippen LogP contribution in [0.3, 0.4) is 0 Å². The molecule has 5 rings (SSSR count). The Balaban J connectivity index is 1.28. The largest absolute Gasteiger partial charge is 0.493 e. The number of benzene rings is 3. The molecular formula is C30H21ClF3NO5. The molecule has 1 aliphatic heterocycles. The number of carbonyl (C=O) groups excluding carboxylic acids is 1. The third-order valence-electron chi connectivity index (χ3n) is 6.44. The smallest absolute Gasteiger partial charge is 0.416 e. The number of aromatic nitrogens is 1. The van der Waals surface area contributed by atoms with E-state index in [1.807, 2.05) is 0 Å². The van der Waals surface area contributed by atoms with Gasteiger partial charge in [-0.2, -0.15) is 13.2 Å². The summed E-state index contributed by atoms with van der Waals surface area (Å²) in [6.45, 7) is 0.263. The maximum absolute atomic E-state index is 13.1. The van der Waals surface area contributed by atoms with Crippen molar-refractivity contribution in [2.45, 2.75) is 24.9 Å². The summed E-state index contributed by atoms with van der Waals surface area (Å²) >= 11 is 6.35. The van der Waals surface area contributed by atoms with Gasteiger partial charge in [-0.3, -0.25) is 14.6 Å². The number of carboxylic acids is 1. The second kappa shape index (κ2) is 11.0. The van der Waals surface area contributed by atoms with Gasteiger partial charge in [-0.15, -0.1) is 0 Å². The van der Waals surface area contributed by atoms with E-state index in [0.29, 0.717) is 46.0 Å². The molecule has 0 radical (unpaired) electrons. The van der Waals surface area contributed by atoms with Crippen molar-refractivity contribution < 1.29 is 37.3 Å². The number of pyridine rings is 1. The predicted molar refractivity (Wildman–Crippen MR) is 141 cm³/mol. The van der Waals surface area contributed by atoms with E-state index in [9.17, 15) is 27.9 Å². The van der Waals surface area contributed by atoms with Crippen molar-refractivity contribution in [2.24, 2.45) is 0 Å². The number of Topliss-reactive ketones (excluding diaryl/α,β-unsaturated/α-hetero) is 1. The van der Waals surface area contributed by atoms with Crippen LogP contribution in [0.4, 0.5) is 13.2 Å². The highest BCUT2D eigenvalue weighted by Crippen LogP contribution is 2.42. The number of hydrogen-bond donors (Lipinski definition) is 1. The number of alkyl halides is 3. The summed E-state index contributed by atoms with van der Waals surface area (Å²) in [6.07, 6.45) is -4.17. The summed E-state index contributed by atoms with van der Waals surface area (Å²) in [5.41, 5.74) is 1.16. The third-order valence-corrected chi connectivity index (χ3v) is 6.74. The Labute approximate surface area is 232 Å². The molecule has 4 aromatic rings. The van der Waals surface area contributed by atoms with E-state index >= 15 is 0 Å². The van der Waals surface area contributed by atoms with Crippen LogP contribution in [0.25, 0.3) is 11.3 Å². The first-order chi connectivity index (χ1) is 19.1. The number of aliphatic carboxylic acids is 1. The Morgan fingerprint density at radius 1 is 1.02 bits per heavy atom. The molecule has 1 unspecified atom stereocenters. The topological polar surface area (TPSA) is 85.7 Å². The van der Waals surface area contributed by atoms with Gasteiger partial charge < -0.3 is 14.6 Å². The van der Waals surface area contributed by atoms with E-state index in [4.69, 9.17) is 21.1 Å². The van der Waals surface area contributed by atoms with Crippen molar-refractivity contribution >= 4 is 23.4 Å². The van der Waals surface area contributed by atoms with Crippen LogP contribution in [0, 0.1) is 0 Å². The molecule has 40 heavy (non-hydrogen) atoms. The lowest BCUT2D eigenvalue weighted by Crippen LogP contribution is -2.20. The summed E-state index contributed by atoms with van der Waals surface area (Å²) in [4.78, 5) is 28.8. The Hall–Kier alpha value is -4.37. The molecule has 1 atom stereocenters. The van der Waals surface area contributed by atoms with Crippen LogP contribution in [0.15, 0.2) is 78.9 Å². The number of nitrogens with zero attached hydrogens (tertiary/aromatic N) is 1. The molecule has 0 aliphatic carbocycles. The Morgan fingerprint density at radius 2 is 1.77 bits per heavy atom. The highest BCUT2D eigenvalue weighted by Gasteiger charge is 2.31. The second-order valence-electron chi connectivity index (χ2n) is 9.17. The summed E-state index contributed by atoms with van der Waals surface area (Å²) in [5, 5.41) is 9.67. The van der Waals surface area contributed by atoms with Crippen molar-refractivity contribution in [1.29, 1.82) is 0 Å². The van der Waals surface area contributed by atoms with Crippen LogP contribution in [0.2, 0.25) is 5.02 Å². The van der Waals surface area contributed by atoms with Gasteiger partial charge in [-0.05, 0) is 61.0 Å². The van der Waals surface area contributed by atoms with Gasteiger partial charge in [0, 0.05) is 28.5 Å². The minimum atomic E-state index is -4.47. The summed E-state index contributed by atoms with van der Waals surface area (Å²) in [7, 11) is 0. The fraction of sp³-hybridized carbons (Fsp3) is 0.167. The molecule has 3 aromatic carbocycles. The number of carboxylic acid groups (broad SMARTS) is 1. The number of ketones is 1. The summed E-state index contributed by atoms with van der Waals surface area (Å²) in [5.74, 6) is -0.826. The van der Waals surface area contributed by atoms with Crippen LogP contribution in [-0.2, 0) is 17.4 Å². The molecule has 0 saturated heterocycles. The van der Waals surface area contributed by atoms with Crippen LogP contribution in [0.1, 0.15) is 39.5 Å². The van der Waals surface area contributed by atoms with Crippen LogP contribution >= 0.6 is 11.6 Å². The van der Waals surface area contributed by atoms with Crippen LogP contribution in [-0.4, -0.2) is 28.4 Å². The van der Waals surface area contributed by atoms with Gasteiger partial charge in [0.2, 0.25) is 0 Å². The quantitative estimate of drug-likeness (QED) is 0.232. The third kappa shape index (κ3) is 5.94. The number of rotatable bonds is 7. The minimum absolute atomic E-state index is 0.0499. The van der Waals surface area contributed by atoms with Crippen molar-refractivity contribution in [3.63, 3.8) is 0 Å². The second-order valence-corrected chi connectivity index (χ2v) is 9.57. The Morgan fingerprint density at radius 3 is 2.50 bits per heavy atom. The molecule has 0 fully saturated rings. The lowest BCUT2D eigenvalue weighted by atomic mass is 9.93. The van der Waals surface area contributed by atoms with E-state index < -0.39 is 23.6 Å². The highest BCUT2D eigenvalue weighted by atomic mass is 35.5. The average molecular weight is 568 g/mol. The molecule has 1 N–H and O–H groups in total. The molecule has 1 aromatic heterocycles. The van der Waals surface area contributed by atoms with Gasteiger partial charge >= 0.3 is 12.1 Å². The van der Waals surface area contributed by atoms with Crippen molar-refractivity contribution in [2.75, 3.05) is 6.61 Å². The molecule has 0 spiro atoms. The van der Waals surface area contributed by atoms with E-state index in [0.717, 1.165) is 12.1 Å². The van der Waals surface area contributed by atoms with Gasteiger partial charge in [0.05, 0.1) is 35.2 Å². The van der Waals surface area contributed by atoms with Gasteiger partial charge in [-0.1, -0.05) is 29.8 Å². The zero-order valence-electron chi connectivity index (χ0n) is 20.7. The molecule has 1 aliphatic rings. The van der Waals surface area contributed by atoms with E-state index in [2.05, 4.69) is 4.98 Å². The lowest BCUT2D eigenvalue weighted by molar-refractivity contribution is -0.139. The standard InChI is InChI=1S/C30H21ClF3NO5/c31-24-15-23-22(29(37)38)11-12-39-27(23)16-28(24)40-21-9-7-17(8-10-21)26(36)14-20-5-2-6-25(35-20)18-3-1-4-19(13-18)30(32,33)34/h1-10,13,15-16,22H,11-12,14H2,(H,37,38). The van der Waals surface area contributed by atoms with Crippen LogP contribution < -0.4 is 9.47 Å². The van der Waals surface area contributed by atoms with Crippen molar-refractivity contribution in [1.82, 2.24) is 4.98 Å². The number of halogens is 4. The highest BCUT2D eigenvalue weighted by molar-refractivity contribution is 6.32. The molecule has 0 bridgehead atoms. The molecule has 0 saturated carbocycles. The first-order valence-electron chi connectivity index (χ1n) is 12.2. The Kier molecular flexibility index (Phi) is 7.49. The van der Waals surface area contributed by atoms with Gasteiger partial charge in [0.15, 0.2) is 5.78 Å². The summed E-state index contributed by atoms with van der Waals surface area (Å²) < 4.78 is 50.7. The Bertz CT molecular complexity index is 1590. The number of fused-ring (bicyclic) bond motifs is 1. The zero-order valence-corrected chi connectivity index (χ0v) is 21.5. The minimum Gasteiger partial charge on any atom is -0.493 e. The van der Waals surface area contributed by atoms with E-state index in [1.165, 1.54) is 18.2 Å². The SMILES string of the molecule is O=C(Cc1cccc(-c2cccc(C(F)(F)F)c2)n1)c1ccc(Oc2cc3c(cc2Cl)C(C(=O)O)CCO3)cc1. The molecule has 10 heteroatoms. The van der Waals surface area contributed by atoms with E-state index in [-0.39, 0.29) is 29.6 Å². The molecule has 0 amide bonds. The van der Waals surface area contributed by atoms with E-state index in [1.54, 1.807) is 48.5 Å². The molecule has 2 heterocycles. The lowest BCUT2D eigenvalue weighted by Gasteiger charge is -2.24. The summed E-state index contributed by atoms with van der Waals surface area (Å²) in [6, 6.07) is 19.2. The maximum atomic E-state index is 13.1. The predicted octanol–water partition coefficient (Wildman–Crippen LogP) is 7.59. The van der Waals surface area contributed by atoms with Gasteiger partial charge in [0.25, 0.3) is 0 Å². The molecule has 204 valence electrons. The number of hydrogen-bond acceptors (Lipinski definition) is 5. The first-order valence-corrected chi connectivity index (χ1v) is 12.6. The van der Waals surface area contributed by atoms with Gasteiger partial charge in [-0.25, -0.2) is 0 Å². The number of ether oxygens (including phenoxy) is 2. The van der Waals surface area contributed by atoms with Gasteiger partial charge in [0.1, 0.15) is 17.2 Å². The number of carbonyl (C=O) groups is 2. The molecule has 6 nitrogen and oxygen atoms in total. The zero-order chi connectivity index (χ0) is 28.4. The fourth-order valence-electron chi connectivity index (χ4n) is 4.42.